The standard InChI is InChI=1S/C30H34N2O2.C4H4O4/c33-30-28-12-6-4-11-27(28)23-32(30)22-25-14-18-31(19-15-25)20-16-26-10-5-7-13-29(26)34-21-17-24-8-2-1-3-9-24;5-3(6)1-2-4(7)8/h1-13,25H,14-23H2;1-2H,(H,5,6)(H,7,8)/b;2-1+. The summed E-state index contributed by atoms with van der Waals surface area (Å²) >= 11 is 0. The normalized spacial score (nSPS) is 15.2. The van der Waals surface area contributed by atoms with E-state index in [0.717, 1.165) is 69.7 Å². The number of carboxylic acids is 2. The van der Waals surface area contributed by atoms with Gasteiger partial charge < -0.3 is 24.7 Å². The average Bonchev–Trinajstić information content (AvgIpc) is 3.32. The number of nitrogens with zero attached hydrogens (tertiary/aromatic N) is 2. The predicted octanol–water partition coefficient (Wildman–Crippen LogP) is 4.93. The van der Waals surface area contributed by atoms with Gasteiger partial charge in [0.15, 0.2) is 0 Å². The van der Waals surface area contributed by atoms with Crippen LogP contribution in [0.2, 0.25) is 0 Å². The molecule has 0 atom stereocenters. The molecule has 0 bridgehead atoms. The van der Waals surface area contributed by atoms with Gasteiger partial charge in [-0.1, -0.05) is 66.7 Å². The summed E-state index contributed by atoms with van der Waals surface area (Å²) in [6.07, 6.45) is 5.37. The average molecular weight is 571 g/mol. The Bertz CT molecular complexity index is 1350. The van der Waals surface area contributed by atoms with Crippen LogP contribution in [0.3, 0.4) is 0 Å². The van der Waals surface area contributed by atoms with Crippen molar-refractivity contribution in [2.45, 2.75) is 32.2 Å². The lowest BCUT2D eigenvalue weighted by Gasteiger charge is -2.34. The highest BCUT2D eigenvalue weighted by atomic mass is 16.5. The van der Waals surface area contributed by atoms with E-state index in [9.17, 15) is 14.4 Å². The van der Waals surface area contributed by atoms with E-state index in [1.807, 2.05) is 29.2 Å². The van der Waals surface area contributed by atoms with Crippen LogP contribution in [0.25, 0.3) is 0 Å². The Morgan fingerprint density at radius 3 is 2.17 bits per heavy atom. The highest BCUT2D eigenvalue weighted by molar-refractivity contribution is 5.98. The second kappa shape index (κ2) is 15.5. The summed E-state index contributed by atoms with van der Waals surface area (Å²) in [7, 11) is 0. The number of rotatable bonds is 11. The number of ether oxygens (including phenoxy) is 1. The van der Waals surface area contributed by atoms with Gasteiger partial charge in [0, 0.05) is 43.8 Å². The van der Waals surface area contributed by atoms with Gasteiger partial charge in [-0.3, -0.25) is 4.79 Å². The van der Waals surface area contributed by atoms with Crippen molar-refractivity contribution in [1.82, 2.24) is 9.80 Å². The largest absolute Gasteiger partial charge is 0.493 e. The molecule has 2 heterocycles. The van der Waals surface area contributed by atoms with Crippen LogP contribution in [0.4, 0.5) is 0 Å². The molecule has 1 amide bonds. The van der Waals surface area contributed by atoms with E-state index in [4.69, 9.17) is 14.9 Å². The van der Waals surface area contributed by atoms with Crippen molar-refractivity contribution < 1.29 is 29.3 Å². The molecular weight excluding hydrogens is 532 g/mol. The van der Waals surface area contributed by atoms with Crippen LogP contribution in [-0.4, -0.2) is 70.6 Å². The maximum absolute atomic E-state index is 12.7. The summed E-state index contributed by atoms with van der Waals surface area (Å²) in [6, 6.07) is 27.0. The molecular formula is C34H38N2O6. The summed E-state index contributed by atoms with van der Waals surface area (Å²) in [6.45, 7) is 5.63. The molecule has 8 nitrogen and oxygen atoms in total. The second-order valence-corrected chi connectivity index (χ2v) is 10.6. The van der Waals surface area contributed by atoms with Crippen LogP contribution in [0, 0.1) is 5.92 Å². The fourth-order valence-corrected chi connectivity index (χ4v) is 5.36. The highest BCUT2D eigenvalue weighted by Gasteiger charge is 2.30. The van der Waals surface area contributed by atoms with Gasteiger partial charge in [-0.05, 0) is 67.1 Å². The Balaban J connectivity index is 0.000000446. The molecule has 2 aliphatic rings. The van der Waals surface area contributed by atoms with Crippen LogP contribution >= 0.6 is 0 Å². The van der Waals surface area contributed by atoms with Crippen LogP contribution < -0.4 is 4.74 Å². The van der Waals surface area contributed by atoms with E-state index in [-0.39, 0.29) is 5.91 Å². The molecule has 3 aromatic rings. The van der Waals surface area contributed by atoms with E-state index in [0.29, 0.717) is 24.7 Å². The van der Waals surface area contributed by atoms with Crippen LogP contribution in [0.15, 0.2) is 91.0 Å². The Kier molecular flexibility index (Phi) is 11.3. The van der Waals surface area contributed by atoms with Crippen molar-refractivity contribution in [1.29, 1.82) is 0 Å². The van der Waals surface area contributed by atoms with Crippen LogP contribution in [0.5, 0.6) is 5.75 Å². The minimum absolute atomic E-state index is 0.210. The summed E-state index contributed by atoms with van der Waals surface area (Å²) < 4.78 is 6.15. The monoisotopic (exact) mass is 570 g/mol. The molecule has 0 unspecified atom stereocenters. The molecule has 0 radical (unpaired) electrons. The van der Waals surface area contributed by atoms with Crippen molar-refractivity contribution >= 4 is 17.8 Å². The molecule has 1 fully saturated rings. The number of para-hydroxylation sites is 1. The minimum Gasteiger partial charge on any atom is -0.493 e. The maximum atomic E-state index is 12.7. The molecule has 0 aliphatic carbocycles. The van der Waals surface area contributed by atoms with Crippen molar-refractivity contribution in [2.75, 3.05) is 32.8 Å². The lowest BCUT2D eigenvalue weighted by atomic mass is 9.96. The Morgan fingerprint density at radius 1 is 0.833 bits per heavy atom. The van der Waals surface area contributed by atoms with Gasteiger partial charge in [0.2, 0.25) is 0 Å². The molecule has 5 rings (SSSR count). The Morgan fingerprint density at radius 2 is 1.48 bits per heavy atom. The van der Waals surface area contributed by atoms with Crippen molar-refractivity contribution in [3.05, 3.63) is 113 Å². The van der Waals surface area contributed by atoms with E-state index < -0.39 is 11.9 Å². The number of piperidine rings is 1. The van der Waals surface area contributed by atoms with E-state index in [2.05, 4.69) is 59.5 Å². The number of benzene rings is 3. The number of hydrogen-bond acceptors (Lipinski definition) is 5. The zero-order chi connectivity index (χ0) is 29.7. The highest BCUT2D eigenvalue weighted by Crippen LogP contribution is 2.27. The summed E-state index contributed by atoms with van der Waals surface area (Å²) in [5.41, 5.74) is 4.67. The Hall–Kier alpha value is -4.43. The van der Waals surface area contributed by atoms with Crippen molar-refractivity contribution in [3.8, 4) is 5.75 Å². The first-order chi connectivity index (χ1) is 20.4. The van der Waals surface area contributed by atoms with E-state index in [1.54, 1.807) is 0 Å². The fourth-order valence-electron chi connectivity index (χ4n) is 5.36. The number of carboxylic acid groups (broad SMARTS) is 2. The second-order valence-electron chi connectivity index (χ2n) is 10.6. The summed E-state index contributed by atoms with van der Waals surface area (Å²) in [5, 5.41) is 15.6. The molecule has 0 saturated carbocycles. The summed E-state index contributed by atoms with van der Waals surface area (Å²) in [4.78, 5) is 36.4. The maximum Gasteiger partial charge on any atom is 0.328 e. The van der Waals surface area contributed by atoms with Gasteiger partial charge in [0.25, 0.3) is 5.91 Å². The van der Waals surface area contributed by atoms with Gasteiger partial charge in [-0.2, -0.15) is 0 Å². The number of hydrogen-bond donors (Lipinski definition) is 2. The first-order valence-electron chi connectivity index (χ1n) is 14.4. The quantitative estimate of drug-likeness (QED) is 0.315. The number of carbonyl (C=O) groups excluding carboxylic acids is 1. The van der Waals surface area contributed by atoms with Gasteiger partial charge in [-0.25, -0.2) is 9.59 Å². The third kappa shape index (κ3) is 9.31. The molecule has 8 heteroatoms. The number of aliphatic carboxylic acids is 2. The number of fused-ring (bicyclic) bond motifs is 1. The van der Waals surface area contributed by atoms with E-state index >= 15 is 0 Å². The molecule has 3 aromatic carbocycles. The van der Waals surface area contributed by atoms with Gasteiger partial charge in [0.1, 0.15) is 5.75 Å². The molecule has 0 spiro atoms. The SMILES string of the molecule is O=C(O)/C=C/C(=O)O.O=C1c2ccccc2CN1CC1CCN(CCc2ccccc2OCCc2ccccc2)CC1. The first-order valence-corrected chi connectivity index (χ1v) is 14.4. The van der Waals surface area contributed by atoms with Gasteiger partial charge in [0.05, 0.1) is 6.61 Å². The third-order valence-electron chi connectivity index (χ3n) is 7.61. The minimum atomic E-state index is -1.26. The molecule has 1 saturated heterocycles. The zero-order valence-corrected chi connectivity index (χ0v) is 23.7. The lowest BCUT2D eigenvalue weighted by molar-refractivity contribution is -0.134. The molecule has 0 aromatic heterocycles. The molecule has 220 valence electrons. The third-order valence-corrected chi connectivity index (χ3v) is 7.61. The van der Waals surface area contributed by atoms with Crippen molar-refractivity contribution in [2.24, 2.45) is 5.92 Å². The zero-order valence-electron chi connectivity index (χ0n) is 23.7. The lowest BCUT2D eigenvalue weighted by Crippen LogP contribution is -2.39. The number of likely N-dealkylation sites (tertiary alicyclic amines) is 1. The fraction of sp³-hybridized carbons (Fsp3) is 0.324. The first kappa shape index (κ1) is 30.5. The number of carbonyl (C=O) groups is 3. The smallest absolute Gasteiger partial charge is 0.328 e. The molecule has 2 N–H and O–H groups in total. The van der Waals surface area contributed by atoms with Crippen LogP contribution in [0.1, 0.15) is 39.9 Å². The molecule has 42 heavy (non-hydrogen) atoms. The molecule has 2 aliphatic heterocycles. The Labute approximate surface area is 246 Å². The topological polar surface area (TPSA) is 107 Å². The van der Waals surface area contributed by atoms with Crippen LogP contribution in [-0.2, 0) is 29.0 Å². The van der Waals surface area contributed by atoms with Gasteiger partial charge >= 0.3 is 11.9 Å². The number of amides is 1. The predicted molar refractivity (Wildman–Crippen MR) is 161 cm³/mol. The van der Waals surface area contributed by atoms with Gasteiger partial charge in [-0.15, -0.1) is 0 Å². The van der Waals surface area contributed by atoms with E-state index in [1.165, 1.54) is 16.7 Å². The van der Waals surface area contributed by atoms with Crippen molar-refractivity contribution in [3.63, 3.8) is 0 Å². The summed E-state index contributed by atoms with van der Waals surface area (Å²) in [5.74, 6) is -0.690.